The number of rotatable bonds is 6. The summed E-state index contributed by atoms with van der Waals surface area (Å²) in [5, 5.41) is 9.83. The van der Waals surface area contributed by atoms with E-state index in [2.05, 4.69) is 20.7 Å². The zero-order valence-electron chi connectivity index (χ0n) is 9.11. The summed E-state index contributed by atoms with van der Waals surface area (Å²) < 4.78 is 26.7. The van der Waals surface area contributed by atoms with Crippen LogP contribution in [0.5, 0.6) is 0 Å². The number of aliphatic hydroxyl groups is 1. The first-order valence-corrected chi connectivity index (χ1v) is 8.46. The van der Waals surface area contributed by atoms with Crippen molar-refractivity contribution in [3.05, 3.63) is 14.9 Å². The minimum absolute atomic E-state index is 0.0172. The third-order valence-corrected chi connectivity index (χ3v) is 6.39. The van der Waals surface area contributed by atoms with E-state index in [0.29, 0.717) is 15.2 Å². The number of thiophene rings is 1. The monoisotopic (exact) mass is 361 g/mol. The molecule has 0 fully saturated rings. The predicted octanol–water partition coefficient (Wildman–Crippen LogP) is 2.60. The molecule has 0 amide bonds. The molecule has 98 valence electrons. The summed E-state index contributed by atoms with van der Waals surface area (Å²) in [4.78, 5) is 0. The molecule has 0 radical (unpaired) electrons. The van der Waals surface area contributed by atoms with Crippen LogP contribution < -0.4 is 4.72 Å². The van der Waals surface area contributed by atoms with Crippen LogP contribution in [0.25, 0.3) is 0 Å². The summed E-state index contributed by atoms with van der Waals surface area (Å²) in [6.45, 7) is 1.94. The zero-order valence-corrected chi connectivity index (χ0v) is 13.1. The molecule has 0 aliphatic rings. The van der Waals surface area contributed by atoms with E-state index in [1.807, 2.05) is 6.92 Å². The predicted molar refractivity (Wildman–Crippen MR) is 73.1 cm³/mol. The molecular formula is C9H13BrClNO3S2. The Kier molecular flexibility index (Phi) is 5.88. The fraction of sp³-hybridized carbons (Fsp3) is 0.556. The lowest BCUT2D eigenvalue weighted by molar-refractivity contribution is 0.167. The molecule has 0 aliphatic heterocycles. The van der Waals surface area contributed by atoms with E-state index in [9.17, 15) is 13.5 Å². The SMILES string of the molecule is CCCC(O)CNS(=O)(=O)c1cc(Cl)c(Br)s1. The highest BCUT2D eigenvalue weighted by Gasteiger charge is 2.19. The Labute approximate surface area is 118 Å². The van der Waals surface area contributed by atoms with Gasteiger partial charge in [0.15, 0.2) is 0 Å². The molecule has 1 atom stereocenters. The van der Waals surface area contributed by atoms with Crippen LogP contribution in [0.1, 0.15) is 19.8 Å². The fourth-order valence-corrected chi connectivity index (χ4v) is 4.69. The van der Waals surface area contributed by atoms with Gasteiger partial charge < -0.3 is 5.11 Å². The molecule has 0 saturated heterocycles. The van der Waals surface area contributed by atoms with Gasteiger partial charge in [-0.15, -0.1) is 11.3 Å². The molecule has 1 unspecified atom stereocenters. The number of halogens is 2. The second kappa shape index (κ2) is 6.49. The highest BCUT2D eigenvalue weighted by Crippen LogP contribution is 2.34. The summed E-state index contributed by atoms with van der Waals surface area (Å²) >= 11 is 9.97. The van der Waals surface area contributed by atoms with Gasteiger partial charge >= 0.3 is 0 Å². The molecule has 0 saturated carbocycles. The number of sulfonamides is 1. The standard InChI is InChI=1S/C9H13BrClNO3S2/c1-2-3-6(13)5-12-17(14,15)8-4-7(11)9(10)16-8/h4,6,12-13H,2-3,5H2,1H3. The lowest BCUT2D eigenvalue weighted by atomic mass is 10.2. The lowest BCUT2D eigenvalue weighted by Gasteiger charge is -2.09. The fourth-order valence-electron chi connectivity index (χ4n) is 1.17. The molecular weight excluding hydrogens is 350 g/mol. The summed E-state index contributed by atoms with van der Waals surface area (Å²) in [7, 11) is -3.58. The van der Waals surface area contributed by atoms with Gasteiger partial charge in [0.1, 0.15) is 4.21 Å². The van der Waals surface area contributed by atoms with Crippen LogP contribution in [0, 0.1) is 0 Å². The Morgan fingerprint density at radius 1 is 1.65 bits per heavy atom. The zero-order chi connectivity index (χ0) is 13.1. The van der Waals surface area contributed by atoms with Gasteiger partial charge in [0.2, 0.25) is 10.0 Å². The lowest BCUT2D eigenvalue weighted by Crippen LogP contribution is -2.31. The van der Waals surface area contributed by atoms with Gasteiger partial charge in [-0.1, -0.05) is 24.9 Å². The van der Waals surface area contributed by atoms with Crippen LogP contribution in [0.2, 0.25) is 5.02 Å². The van der Waals surface area contributed by atoms with Crippen molar-refractivity contribution in [2.45, 2.75) is 30.1 Å². The summed E-state index contributed by atoms with van der Waals surface area (Å²) in [5.74, 6) is 0. The quantitative estimate of drug-likeness (QED) is 0.817. The second-order valence-electron chi connectivity index (χ2n) is 3.48. The first kappa shape index (κ1) is 15.4. The molecule has 1 aromatic heterocycles. The highest BCUT2D eigenvalue weighted by atomic mass is 79.9. The van der Waals surface area contributed by atoms with Gasteiger partial charge in [0.25, 0.3) is 0 Å². The van der Waals surface area contributed by atoms with E-state index in [-0.39, 0.29) is 10.8 Å². The van der Waals surface area contributed by atoms with E-state index < -0.39 is 16.1 Å². The maximum atomic E-state index is 11.8. The van der Waals surface area contributed by atoms with Crippen molar-refractivity contribution >= 4 is 48.9 Å². The average molecular weight is 363 g/mol. The Morgan fingerprint density at radius 2 is 2.29 bits per heavy atom. The minimum atomic E-state index is -3.58. The van der Waals surface area contributed by atoms with Crippen molar-refractivity contribution in [2.24, 2.45) is 0 Å². The Balaban J connectivity index is 2.69. The minimum Gasteiger partial charge on any atom is -0.392 e. The Bertz CT molecular complexity index is 455. The van der Waals surface area contributed by atoms with E-state index in [1.54, 1.807) is 0 Å². The summed E-state index contributed by atoms with van der Waals surface area (Å²) in [6, 6.07) is 1.38. The maximum absolute atomic E-state index is 11.8. The van der Waals surface area contributed by atoms with Gasteiger partial charge in [-0.2, -0.15) is 0 Å². The first-order valence-electron chi connectivity index (χ1n) is 4.99. The average Bonchev–Trinajstić information content (AvgIpc) is 2.58. The normalized spacial score (nSPS) is 13.9. The van der Waals surface area contributed by atoms with Crippen LogP contribution in [0.15, 0.2) is 14.1 Å². The summed E-state index contributed by atoms with van der Waals surface area (Å²) in [6.07, 6.45) is 0.713. The first-order chi connectivity index (χ1) is 7.86. The molecule has 0 aliphatic carbocycles. The molecule has 1 rings (SSSR count). The number of aliphatic hydroxyl groups excluding tert-OH is 1. The van der Waals surface area contributed by atoms with Crippen molar-refractivity contribution in [1.29, 1.82) is 0 Å². The molecule has 8 heteroatoms. The van der Waals surface area contributed by atoms with Gasteiger partial charge in [0.05, 0.1) is 14.9 Å². The van der Waals surface area contributed by atoms with Crippen molar-refractivity contribution in [2.75, 3.05) is 6.54 Å². The van der Waals surface area contributed by atoms with E-state index in [0.717, 1.165) is 17.8 Å². The number of hydrogen-bond acceptors (Lipinski definition) is 4. The van der Waals surface area contributed by atoms with Crippen LogP contribution in [-0.4, -0.2) is 26.2 Å². The van der Waals surface area contributed by atoms with Crippen molar-refractivity contribution in [1.82, 2.24) is 4.72 Å². The Hall–Kier alpha value is 0.340. The van der Waals surface area contributed by atoms with Crippen molar-refractivity contribution < 1.29 is 13.5 Å². The molecule has 1 heterocycles. The largest absolute Gasteiger partial charge is 0.392 e. The smallest absolute Gasteiger partial charge is 0.250 e. The van der Waals surface area contributed by atoms with Gasteiger partial charge in [-0.25, -0.2) is 13.1 Å². The van der Waals surface area contributed by atoms with Crippen molar-refractivity contribution in [3.8, 4) is 0 Å². The molecule has 4 nitrogen and oxygen atoms in total. The third-order valence-electron chi connectivity index (χ3n) is 2.02. The van der Waals surface area contributed by atoms with Crippen LogP contribution >= 0.6 is 38.9 Å². The molecule has 0 spiro atoms. The van der Waals surface area contributed by atoms with Gasteiger partial charge in [0, 0.05) is 6.54 Å². The van der Waals surface area contributed by atoms with Crippen LogP contribution in [0.3, 0.4) is 0 Å². The number of nitrogens with one attached hydrogen (secondary N) is 1. The van der Waals surface area contributed by atoms with E-state index in [4.69, 9.17) is 11.6 Å². The molecule has 17 heavy (non-hydrogen) atoms. The van der Waals surface area contributed by atoms with Gasteiger partial charge in [-0.3, -0.25) is 0 Å². The van der Waals surface area contributed by atoms with Crippen molar-refractivity contribution in [3.63, 3.8) is 0 Å². The molecule has 0 bridgehead atoms. The third kappa shape index (κ3) is 4.50. The second-order valence-corrected chi connectivity index (χ2v) is 8.25. The summed E-state index contributed by atoms with van der Waals surface area (Å²) in [5.41, 5.74) is 0. The van der Waals surface area contributed by atoms with Crippen LogP contribution in [0.4, 0.5) is 0 Å². The molecule has 1 aromatic rings. The molecule has 2 N–H and O–H groups in total. The number of hydrogen-bond donors (Lipinski definition) is 2. The topological polar surface area (TPSA) is 66.4 Å². The van der Waals surface area contributed by atoms with Gasteiger partial charge in [-0.05, 0) is 28.4 Å². The van der Waals surface area contributed by atoms with E-state index >= 15 is 0 Å². The molecule has 0 aromatic carbocycles. The highest BCUT2D eigenvalue weighted by molar-refractivity contribution is 9.11. The Morgan fingerprint density at radius 3 is 2.76 bits per heavy atom. The van der Waals surface area contributed by atoms with Crippen LogP contribution in [-0.2, 0) is 10.0 Å². The maximum Gasteiger partial charge on any atom is 0.250 e. The van der Waals surface area contributed by atoms with E-state index in [1.165, 1.54) is 6.07 Å².